The average Bonchev–Trinajstić information content (AvgIpc) is 3.49. The van der Waals surface area contributed by atoms with Crippen LogP contribution in [0.4, 0.5) is 4.79 Å². The molecule has 6 nitrogen and oxygen atoms in total. The topological polar surface area (TPSA) is 71.5 Å². The molecule has 1 atom stereocenters. The number of piperidine rings is 1. The van der Waals surface area contributed by atoms with Crippen LogP contribution in [-0.4, -0.2) is 41.0 Å². The van der Waals surface area contributed by atoms with Crippen LogP contribution < -0.4 is 10.1 Å². The van der Waals surface area contributed by atoms with Gasteiger partial charge in [0.1, 0.15) is 5.75 Å². The van der Waals surface area contributed by atoms with Crippen LogP contribution >= 0.6 is 22.9 Å². The summed E-state index contributed by atoms with van der Waals surface area (Å²) in [6, 6.07) is 5.40. The van der Waals surface area contributed by atoms with Gasteiger partial charge >= 0.3 is 6.09 Å². The van der Waals surface area contributed by atoms with Crippen molar-refractivity contribution in [1.29, 1.82) is 0 Å². The van der Waals surface area contributed by atoms with E-state index in [2.05, 4.69) is 10.3 Å². The van der Waals surface area contributed by atoms with Crippen LogP contribution in [0.2, 0.25) is 4.34 Å². The summed E-state index contributed by atoms with van der Waals surface area (Å²) in [5, 5.41) is 3.25. The van der Waals surface area contributed by atoms with Gasteiger partial charge in [0.25, 0.3) is 5.91 Å². The minimum absolute atomic E-state index is 0.0471. The summed E-state index contributed by atoms with van der Waals surface area (Å²) in [4.78, 5) is 31.9. The molecule has 3 heterocycles. The van der Waals surface area contributed by atoms with Crippen molar-refractivity contribution in [3.63, 3.8) is 0 Å². The van der Waals surface area contributed by atoms with Crippen molar-refractivity contribution in [3.05, 3.63) is 44.9 Å². The van der Waals surface area contributed by atoms with Crippen LogP contribution in [0, 0.1) is 25.7 Å². The van der Waals surface area contributed by atoms with Crippen molar-refractivity contribution in [2.24, 2.45) is 11.8 Å². The fourth-order valence-corrected chi connectivity index (χ4v) is 5.01. The third-order valence-electron chi connectivity index (χ3n) is 6.13. The fourth-order valence-electron chi connectivity index (χ4n) is 4.06. The minimum atomic E-state index is -0.317. The van der Waals surface area contributed by atoms with Gasteiger partial charge in [-0.25, -0.2) is 4.79 Å². The number of halogens is 1. The molecule has 0 aromatic carbocycles. The van der Waals surface area contributed by atoms with Gasteiger partial charge in [0.05, 0.1) is 9.21 Å². The highest BCUT2D eigenvalue weighted by Crippen LogP contribution is 2.39. The Morgan fingerprint density at radius 1 is 1.17 bits per heavy atom. The van der Waals surface area contributed by atoms with E-state index in [4.69, 9.17) is 16.3 Å². The number of thiophene rings is 1. The third kappa shape index (κ3) is 4.78. The predicted octanol–water partition coefficient (Wildman–Crippen LogP) is 4.83. The first-order valence-electron chi connectivity index (χ1n) is 10.4. The van der Waals surface area contributed by atoms with E-state index in [1.807, 2.05) is 13.8 Å². The molecular weight excluding hydrogens is 422 g/mol. The Balaban J connectivity index is 1.33. The number of amides is 2. The lowest BCUT2D eigenvalue weighted by atomic mass is 9.86. The average molecular weight is 448 g/mol. The number of aromatic nitrogens is 1. The molecule has 1 saturated carbocycles. The van der Waals surface area contributed by atoms with Gasteiger partial charge in [-0.2, -0.15) is 0 Å². The Morgan fingerprint density at radius 2 is 1.87 bits per heavy atom. The molecule has 1 aliphatic carbocycles. The third-order valence-corrected chi connectivity index (χ3v) is 7.36. The van der Waals surface area contributed by atoms with Crippen LogP contribution in [0.3, 0.4) is 0 Å². The molecule has 0 radical (unpaired) electrons. The standard InChI is InChI=1S/C22H26ClN3O3S/c1-13-14(2)24-10-7-17(13)29-22(28)26-11-8-16(9-12-26)20(15-3-4-15)25-21(27)18-5-6-19(23)30-18/h5-7,10,15-16,20H,3-4,8-9,11-12H2,1-2H3,(H,25,27). The summed E-state index contributed by atoms with van der Waals surface area (Å²) < 4.78 is 6.23. The summed E-state index contributed by atoms with van der Waals surface area (Å²) in [6.07, 6.45) is 5.35. The van der Waals surface area contributed by atoms with E-state index in [9.17, 15) is 9.59 Å². The summed E-state index contributed by atoms with van der Waals surface area (Å²) in [7, 11) is 0. The van der Waals surface area contributed by atoms with Crippen LogP contribution in [0.5, 0.6) is 5.75 Å². The number of carbonyl (C=O) groups is 2. The first-order chi connectivity index (χ1) is 14.4. The van der Waals surface area contributed by atoms with Gasteiger partial charge in [-0.15, -0.1) is 11.3 Å². The lowest BCUT2D eigenvalue weighted by Crippen LogP contribution is -2.48. The van der Waals surface area contributed by atoms with E-state index in [1.54, 1.807) is 29.3 Å². The quantitative estimate of drug-likeness (QED) is 0.712. The zero-order chi connectivity index (χ0) is 21.3. The second kappa shape index (κ2) is 8.94. The van der Waals surface area contributed by atoms with Gasteiger partial charge in [-0.05, 0) is 69.6 Å². The number of nitrogens with one attached hydrogen (secondary N) is 1. The maximum absolute atomic E-state index is 12.6. The first kappa shape index (κ1) is 21.1. The van der Waals surface area contributed by atoms with Crippen LogP contribution in [-0.2, 0) is 0 Å². The number of likely N-dealkylation sites (tertiary alicyclic amines) is 1. The molecule has 2 fully saturated rings. The molecular formula is C22H26ClN3O3S. The summed E-state index contributed by atoms with van der Waals surface area (Å²) >= 11 is 7.28. The smallest absolute Gasteiger partial charge is 0.410 e. The zero-order valence-corrected chi connectivity index (χ0v) is 18.8. The normalized spacial score (nSPS) is 18.2. The van der Waals surface area contributed by atoms with E-state index in [0.717, 1.165) is 36.9 Å². The number of ether oxygens (including phenoxy) is 1. The van der Waals surface area contributed by atoms with Gasteiger partial charge in [0.15, 0.2) is 0 Å². The van der Waals surface area contributed by atoms with E-state index in [-0.39, 0.29) is 18.0 Å². The second-order valence-corrected chi connectivity index (χ2v) is 9.87. The summed E-state index contributed by atoms with van der Waals surface area (Å²) in [5.74, 6) is 1.42. The highest BCUT2D eigenvalue weighted by atomic mass is 35.5. The lowest BCUT2D eigenvalue weighted by molar-refractivity contribution is 0.0874. The van der Waals surface area contributed by atoms with E-state index < -0.39 is 0 Å². The molecule has 1 unspecified atom stereocenters. The molecule has 0 bridgehead atoms. The number of rotatable bonds is 5. The molecule has 8 heteroatoms. The molecule has 30 heavy (non-hydrogen) atoms. The van der Waals surface area contributed by atoms with Crippen LogP contribution in [0.25, 0.3) is 0 Å². The number of hydrogen-bond acceptors (Lipinski definition) is 5. The van der Waals surface area contributed by atoms with Crippen molar-refractivity contribution in [1.82, 2.24) is 15.2 Å². The molecule has 1 aliphatic heterocycles. The van der Waals surface area contributed by atoms with E-state index >= 15 is 0 Å². The Labute approximate surface area is 185 Å². The Bertz CT molecular complexity index is 935. The Kier molecular flexibility index (Phi) is 6.29. The minimum Gasteiger partial charge on any atom is -0.410 e. The van der Waals surface area contributed by atoms with Crippen molar-refractivity contribution >= 4 is 34.9 Å². The van der Waals surface area contributed by atoms with Gasteiger partial charge in [-0.1, -0.05) is 11.6 Å². The monoisotopic (exact) mass is 447 g/mol. The maximum atomic E-state index is 12.6. The summed E-state index contributed by atoms with van der Waals surface area (Å²) in [5.41, 5.74) is 1.74. The van der Waals surface area contributed by atoms with Crippen molar-refractivity contribution in [2.75, 3.05) is 13.1 Å². The zero-order valence-electron chi connectivity index (χ0n) is 17.2. The van der Waals surface area contributed by atoms with Gasteiger partial charge in [-0.3, -0.25) is 9.78 Å². The first-order valence-corrected chi connectivity index (χ1v) is 11.6. The predicted molar refractivity (Wildman–Crippen MR) is 117 cm³/mol. The summed E-state index contributed by atoms with van der Waals surface area (Å²) in [6.45, 7) is 5.07. The highest BCUT2D eigenvalue weighted by Gasteiger charge is 2.39. The number of hydrogen-bond donors (Lipinski definition) is 1. The number of pyridine rings is 1. The molecule has 4 rings (SSSR count). The van der Waals surface area contributed by atoms with Crippen LogP contribution in [0.1, 0.15) is 46.6 Å². The van der Waals surface area contributed by atoms with Gasteiger partial charge < -0.3 is 15.0 Å². The fraction of sp³-hybridized carbons (Fsp3) is 0.500. The van der Waals surface area contributed by atoms with Gasteiger partial charge in [0.2, 0.25) is 0 Å². The molecule has 1 N–H and O–H groups in total. The highest BCUT2D eigenvalue weighted by molar-refractivity contribution is 7.18. The second-order valence-electron chi connectivity index (χ2n) is 8.15. The van der Waals surface area contributed by atoms with E-state index in [1.165, 1.54) is 11.3 Å². The SMILES string of the molecule is Cc1nccc(OC(=O)N2CCC(C(NC(=O)c3ccc(Cl)s3)C3CC3)CC2)c1C. The molecule has 1 saturated heterocycles. The Morgan fingerprint density at radius 3 is 2.50 bits per heavy atom. The maximum Gasteiger partial charge on any atom is 0.415 e. The van der Waals surface area contributed by atoms with E-state index in [0.29, 0.717) is 39.9 Å². The molecule has 2 amide bonds. The van der Waals surface area contributed by atoms with Crippen molar-refractivity contribution in [2.45, 2.75) is 45.6 Å². The molecule has 2 aliphatic rings. The van der Waals surface area contributed by atoms with Crippen molar-refractivity contribution in [3.8, 4) is 5.75 Å². The van der Waals surface area contributed by atoms with Gasteiger partial charge in [0, 0.05) is 36.6 Å². The number of nitrogens with zero attached hydrogens (tertiary/aromatic N) is 2. The number of aryl methyl sites for hydroxylation is 1. The molecule has 2 aromatic heterocycles. The molecule has 0 spiro atoms. The van der Waals surface area contributed by atoms with Crippen LogP contribution in [0.15, 0.2) is 24.4 Å². The molecule has 160 valence electrons. The molecule has 2 aromatic rings. The number of carbonyl (C=O) groups excluding carboxylic acids is 2. The lowest BCUT2D eigenvalue weighted by Gasteiger charge is -2.36. The Hall–Kier alpha value is -2.12. The van der Waals surface area contributed by atoms with Crippen molar-refractivity contribution < 1.29 is 14.3 Å². The largest absolute Gasteiger partial charge is 0.415 e.